The van der Waals surface area contributed by atoms with E-state index >= 15 is 0 Å². The van der Waals surface area contributed by atoms with Crippen LogP contribution in [0.15, 0.2) is 42.5 Å². The first-order chi connectivity index (χ1) is 10.8. The number of hydrogen-bond donors (Lipinski definition) is 2. The third-order valence-electron chi connectivity index (χ3n) is 3.17. The molecular formula is C16H17ClN2O3S. The number of para-hydroxylation sites is 1. The molecule has 0 unspecified atom stereocenters. The van der Waals surface area contributed by atoms with Crippen molar-refractivity contribution >= 4 is 38.9 Å². The van der Waals surface area contributed by atoms with Crippen molar-refractivity contribution in [3.05, 3.63) is 58.6 Å². The van der Waals surface area contributed by atoms with Gasteiger partial charge in [0, 0.05) is 11.3 Å². The van der Waals surface area contributed by atoms with Crippen molar-refractivity contribution in [3.8, 4) is 0 Å². The Kier molecular flexibility index (Phi) is 5.28. The largest absolute Gasteiger partial charge is 0.322 e. The van der Waals surface area contributed by atoms with Crippen LogP contribution < -0.4 is 10.0 Å². The summed E-state index contributed by atoms with van der Waals surface area (Å²) in [6.07, 6.45) is 1.81. The van der Waals surface area contributed by atoms with Gasteiger partial charge in [0.05, 0.1) is 17.0 Å². The van der Waals surface area contributed by atoms with E-state index in [0.717, 1.165) is 23.9 Å². The van der Waals surface area contributed by atoms with E-state index < -0.39 is 10.0 Å². The maximum atomic E-state index is 12.4. The van der Waals surface area contributed by atoms with Crippen LogP contribution >= 0.6 is 11.6 Å². The van der Waals surface area contributed by atoms with Gasteiger partial charge in [0.2, 0.25) is 10.0 Å². The number of halogens is 1. The molecule has 0 saturated heterocycles. The molecular weight excluding hydrogens is 336 g/mol. The summed E-state index contributed by atoms with van der Waals surface area (Å²) in [6.45, 7) is 2.00. The van der Waals surface area contributed by atoms with Crippen LogP contribution in [-0.4, -0.2) is 20.6 Å². The van der Waals surface area contributed by atoms with Crippen molar-refractivity contribution in [2.75, 3.05) is 16.3 Å². The van der Waals surface area contributed by atoms with Gasteiger partial charge < -0.3 is 5.32 Å². The van der Waals surface area contributed by atoms with Crippen molar-refractivity contribution in [1.29, 1.82) is 0 Å². The normalized spacial score (nSPS) is 11.1. The topological polar surface area (TPSA) is 75.3 Å². The van der Waals surface area contributed by atoms with Crippen LogP contribution in [0.25, 0.3) is 0 Å². The number of rotatable bonds is 5. The van der Waals surface area contributed by atoms with E-state index in [-0.39, 0.29) is 16.6 Å². The summed E-state index contributed by atoms with van der Waals surface area (Å²) < 4.78 is 25.0. The SMILES string of the molecule is CCc1ccccc1NC(=O)c1ccc(Cl)c(NS(C)(=O)=O)c1. The molecule has 0 spiro atoms. The Morgan fingerprint density at radius 3 is 2.48 bits per heavy atom. The van der Waals surface area contributed by atoms with E-state index in [2.05, 4.69) is 10.0 Å². The van der Waals surface area contributed by atoms with Gasteiger partial charge in [0.25, 0.3) is 5.91 Å². The van der Waals surface area contributed by atoms with Gasteiger partial charge in [-0.15, -0.1) is 0 Å². The standard InChI is InChI=1S/C16H17ClN2O3S/c1-3-11-6-4-5-7-14(11)18-16(20)12-8-9-13(17)15(10-12)19-23(2,21)22/h4-10,19H,3H2,1-2H3,(H,18,20). The number of aryl methyl sites for hydroxylation is 1. The Labute approximate surface area is 140 Å². The second-order valence-corrected chi connectivity index (χ2v) is 7.19. The molecule has 2 N–H and O–H groups in total. The average Bonchev–Trinajstić information content (AvgIpc) is 2.48. The molecule has 1 amide bonds. The lowest BCUT2D eigenvalue weighted by molar-refractivity contribution is 0.102. The highest BCUT2D eigenvalue weighted by molar-refractivity contribution is 7.92. The molecule has 0 bridgehead atoms. The Hall–Kier alpha value is -2.05. The summed E-state index contributed by atoms with van der Waals surface area (Å²) in [7, 11) is -3.48. The maximum absolute atomic E-state index is 12.4. The molecule has 2 aromatic rings. The third-order valence-corrected chi connectivity index (χ3v) is 4.09. The molecule has 122 valence electrons. The fourth-order valence-electron chi connectivity index (χ4n) is 2.09. The lowest BCUT2D eigenvalue weighted by Gasteiger charge is -2.11. The number of benzene rings is 2. The monoisotopic (exact) mass is 352 g/mol. The highest BCUT2D eigenvalue weighted by atomic mass is 35.5. The highest BCUT2D eigenvalue weighted by Gasteiger charge is 2.12. The van der Waals surface area contributed by atoms with Crippen LogP contribution in [0.5, 0.6) is 0 Å². The Balaban J connectivity index is 2.28. The van der Waals surface area contributed by atoms with Crippen LogP contribution in [0.4, 0.5) is 11.4 Å². The molecule has 2 rings (SSSR count). The number of carbonyl (C=O) groups excluding carboxylic acids is 1. The van der Waals surface area contributed by atoms with E-state index in [0.29, 0.717) is 5.56 Å². The van der Waals surface area contributed by atoms with Crippen LogP contribution in [-0.2, 0) is 16.4 Å². The molecule has 0 aromatic heterocycles. The van der Waals surface area contributed by atoms with Gasteiger partial charge in [0.1, 0.15) is 0 Å². The molecule has 5 nitrogen and oxygen atoms in total. The van der Waals surface area contributed by atoms with Gasteiger partial charge in [-0.05, 0) is 36.2 Å². The van der Waals surface area contributed by atoms with Crippen LogP contribution in [0.2, 0.25) is 5.02 Å². The van der Waals surface area contributed by atoms with Gasteiger partial charge in [-0.2, -0.15) is 0 Å². The van der Waals surface area contributed by atoms with Gasteiger partial charge >= 0.3 is 0 Å². The molecule has 0 radical (unpaired) electrons. The number of amides is 1. The predicted molar refractivity (Wildman–Crippen MR) is 93.7 cm³/mol. The first-order valence-corrected chi connectivity index (χ1v) is 9.23. The first-order valence-electron chi connectivity index (χ1n) is 6.96. The van der Waals surface area contributed by atoms with Crippen molar-refractivity contribution in [2.45, 2.75) is 13.3 Å². The molecule has 0 saturated carbocycles. The lowest BCUT2D eigenvalue weighted by atomic mass is 10.1. The minimum absolute atomic E-state index is 0.172. The van der Waals surface area contributed by atoms with Gasteiger partial charge in [0.15, 0.2) is 0 Å². The molecule has 0 aliphatic carbocycles. The number of carbonyl (C=O) groups is 1. The van der Waals surface area contributed by atoms with E-state index in [1.54, 1.807) is 6.07 Å². The molecule has 0 atom stereocenters. The fraction of sp³-hybridized carbons (Fsp3) is 0.188. The van der Waals surface area contributed by atoms with Gasteiger partial charge in [-0.3, -0.25) is 9.52 Å². The smallest absolute Gasteiger partial charge is 0.255 e. The summed E-state index contributed by atoms with van der Waals surface area (Å²) in [5.74, 6) is -0.334. The average molecular weight is 353 g/mol. The zero-order valence-electron chi connectivity index (χ0n) is 12.8. The minimum Gasteiger partial charge on any atom is -0.322 e. The second kappa shape index (κ2) is 7.02. The maximum Gasteiger partial charge on any atom is 0.255 e. The number of anilines is 2. The molecule has 0 aliphatic heterocycles. The Bertz CT molecular complexity index is 835. The third kappa shape index (κ3) is 4.71. The van der Waals surface area contributed by atoms with Crippen LogP contribution in [0.3, 0.4) is 0 Å². The Morgan fingerprint density at radius 1 is 1.13 bits per heavy atom. The summed E-state index contributed by atoms with van der Waals surface area (Å²) >= 11 is 5.96. The molecule has 0 heterocycles. The second-order valence-electron chi connectivity index (χ2n) is 5.03. The number of sulfonamides is 1. The lowest BCUT2D eigenvalue weighted by Crippen LogP contribution is -2.15. The van der Waals surface area contributed by atoms with E-state index in [1.165, 1.54) is 12.1 Å². The van der Waals surface area contributed by atoms with Crippen LogP contribution in [0.1, 0.15) is 22.8 Å². The van der Waals surface area contributed by atoms with Gasteiger partial charge in [-0.1, -0.05) is 36.7 Å². The zero-order valence-corrected chi connectivity index (χ0v) is 14.3. The summed E-state index contributed by atoms with van der Waals surface area (Å²) in [6, 6.07) is 11.9. The zero-order chi connectivity index (χ0) is 17.0. The minimum atomic E-state index is -3.48. The van der Waals surface area contributed by atoms with Crippen molar-refractivity contribution in [1.82, 2.24) is 0 Å². The summed E-state index contributed by atoms with van der Waals surface area (Å²) in [5.41, 5.74) is 2.23. The molecule has 2 aromatic carbocycles. The van der Waals surface area contributed by atoms with E-state index in [1.807, 2.05) is 31.2 Å². The fourth-order valence-corrected chi connectivity index (χ4v) is 2.88. The summed E-state index contributed by atoms with van der Waals surface area (Å²) in [4.78, 5) is 12.4. The van der Waals surface area contributed by atoms with Gasteiger partial charge in [-0.25, -0.2) is 8.42 Å². The quantitative estimate of drug-likeness (QED) is 0.864. The molecule has 0 fully saturated rings. The van der Waals surface area contributed by atoms with Crippen molar-refractivity contribution in [2.24, 2.45) is 0 Å². The first kappa shape index (κ1) is 17.3. The molecule has 23 heavy (non-hydrogen) atoms. The molecule has 0 aliphatic rings. The predicted octanol–water partition coefficient (Wildman–Crippen LogP) is 3.53. The Morgan fingerprint density at radius 2 is 1.83 bits per heavy atom. The van der Waals surface area contributed by atoms with E-state index in [4.69, 9.17) is 11.6 Å². The summed E-state index contributed by atoms with van der Waals surface area (Å²) in [5, 5.41) is 3.05. The van der Waals surface area contributed by atoms with Crippen LogP contribution in [0, 0.1) is 0 Å². The molecule has 7 heteroatoms. The highest BCUT2D eigenvalue weighted by Crippen LogP contribution is 2.25. The number of nitrogens with one attached hydrogen (secondary N) is 2. The van der Waals surface area contributed by atoms with Crippen molar-refractivity contribution < 1.29 is 13.2 Å². The number of hydrogen-bond acceptors (Lipinski definition) is 3. The van der Waals surface area contributed by atoms with Crippen molar-refractivity contribution in [3.63, 3.8) is 0 Å². The van der Waals surface area contributed by atoms with E-state index in [9.17, 15) is 13.2 Å².